The van der Waals surface area contributed by atoms with E-state index in [4.69, 9.17) is 5.11 Å². The fourth-order valence-electron chi connectivity index (χ4n) is 1.91. The second kappa shape index (κ2) is 7.35. The minimum Gasteiger partial charge on any atom is -0.478 e. The predicted molar refractivity (Wildman–Crippen MR) is 77.6 cm³/mol. The van der Waals surface area contributed by atoms with Gasteiger partial charge in [-0.05, 0) is 35.9 Å². The van der Waals surface area contributed by atoms with Crippen molar-refractivity contribution in [2.75, 3.05) is 0 Å². The molecule has 0 unspecified atom stereocenters. The molecule has 7 heteroatoms. The molecule has 0 fully saturated rings. The van der Waals surface area contributed by atoms with Gasteiger partial charge in [0.15, 0.2) is 0 Å². The highest BCUT2D eigenvalue weighted by atomic mass is 19.3. The zero-order chi connectivity index (χ0) is 16.8. The first-order valence-electron chi connectivity index (χ1n) is 6.61. The number of aromatic carboxylic acids is 1. The zero-order valence-electron chi connectivity index (χ0n) is 11.8. The number of carbonyl (C=O) groups is 2. The number of ether oxygens (including phenoxy) is 1. The molecule has 2 aromatic rings. The minimum absolute atomic E-state index is 0.111. The Bertz CT molecular complexity index is 719. The lowest BCUT2D eigenvalue weighted by molar-refractivity contribution is -0.0498. The van der Waals surface area contributed by atoms with E-state index in [0.29, 0.717) is 5.56 Å². The second-order valence-corrected chi connectivity index (χ2v) is 4.59. The van der Waals surface area contributed by atoms with Gasteiger partial charge in [-0.3, -0.25) is 4.79 Å². The topological polar surface area (TPSA) is 75.6 Å². The number of hydrogen-bond acceptors (Lipinski definition) is 3. The summed E-state index contributed by atoms with van der Waals surface area (Å²) in [7, 11) is 0. The highest BCUT2D eigenvalue weighted by molar-refractivity contribution is 5.94. The van der Waals surface area contributed by atoms with Gasteiger partial charge in [0.2, 0.25) is 0 Å². The number of carboxylic acids is 1. The number of carbonyl (C=O) groups excluding carboxylic acids is 1. The minimum atomic E-state index is -2.97. The van der Waals surface area contributed by atoms with Crippen LogP contribution < -0.4 is 10.1 Å². The molecule has 0 heterocycles. The number of hydrogen-bond donors (Lipinski definition) is 2. The summed E-state index contributed by atoms with van der Waals surface area (Å²) in [5.74, 6) is -1.65. The Balaban J connectivity index is 2.02. The van der Waals surface area contributed by atoms with E-state index in [-0.39, 0.29) is 23.4 Å². The molecule has 0 aliphatic rings. The number of benzene rings is 2. The van der Waals surface area contributed by atoms with Crippen LogP contribution in [0.5, 0.6) is 5.75 Å². The molecule has 120 valence electrons. The number of rotatable bonds is 6. The predicted octanol–water partition coefficient (Wildman–Crippen LogP) is 2.92. The van der Waals surface area contributed by atoms with Gasteiger partial charge >= 0.3 is 12.6 Å². The van der Waals surface area contributed by atoms with Crippen LogP contribution in [0.4, 0.5) is 8.78 Å². The number of alkyl halides is 2. The maximum atomic E-state index is 12.2. The van der Waals surface area contributed by atoms with E-state index >= 15 is 0 Å². The summed E-state index contributed by atoms with van der Waals surface area (Å²) in [5, 5.41) is 11.5. The molecule has 0 atom stereocenters. The summed E-state index contributed by atoms with van der Waals surface area (Å²) >= 11 is 0. The summed E-state index contributed by atoms with van der Waals surface area (Å²) in [6.45, 7) is -2.85. The van der Waals surface area contributed by atoms with Crippen molar-refractivity contribution < 1.29 is 28.2 Å². The standard InChI is InChI=1S/C16H13F2NO4/c17-16(18)23-13-6-2-4-11(8-13)14(20)19-9-10-3-1-5-12(7-10)15(21)22/h1-8,16H,9H2,(H,19,20)(H,21,22). The molecule has 2 N–H and O–H groups in total. The van der Waals surface area contributed by atoms with Crippen molar-refractivity contribution in [3.63, 3.8) is 0 Å². The molecule has 0 saturated carbocycles. The van der Waals surface area contributed by atoms with Gasteiger partial charge in [0.1, 0.15) is 5.75 Å². The number of amides is 1. The van der Waals surface area contributed by atoms with Gasteiger partial charge in [-0.1, -0.05) is 18.2 Å². The largest absolute Gasteiger partial charge is 0.478 e. The van der Waals surface area contributed by atoms with E-state index in [9.17, 15) is 18.4 Å². The van der Waals surface area contributed by atoms with E-state index in [2.05, 4.69) is 10.1 Å². The molecule has 0 spiro atoms. The normalized spacial score (nSPS) is 10.4. The maximum absolute atomic E-state index is 12.2. The Morgan fingerprint density at radius 3 is 2.48 bits per heavy atom. The molecule has 0 aliphatic heterocycles. The fraction of sp³-hybridized carbons (Fsp3) is 0.125. The zero-order valence-corrected chi connectivity index (χ0v) is 11.8. The van der Waals surface area contributed by atoms with E-state index < -0.39 is 18.5 Å². The van der Waals surface area contributed by atoms with Gasteiger partial charge in [0, 0.05) is 12.1 Å². The monoisotopic (exact) mass is 321 g/mol. The lowest BCUT2D eigenvalue weighted by Crippen LogP contribution is -2.23. The first-order chi connectivity index (χ1) is 11.0. The van der Waals surface area contributed by atoms with Crippen LogP contribution >= 0.6 is 0 Å². The van der Waals surface area contributed by atoms with Crippen LogP contribution in [0, 0.1) is 0 Å². The summed E-state index contributed by atoms with van der Waals surface area (Å²) in [6, 6.07) is 11.5. The summed E-state index contributed by atoms with van der Waals surface area (Å²) in [6.07, 6.45) is 0. The van der Waals surface area contributed by atoms with Crippen LogP contribution in [0.15, 0.2) is 48.5 Å². The molecule has 0 bridgehead atoms. The van der Waals surface area contributed by atoms with Crippen molar-refractivity contribution in [3.05, 3.63) is 65.2 Å². The highest BCUT2D eigenvalue weighted by Gasteiger charge is 2.10. The molecule has 0 radical (unpaired) electrons. The first-order valence-corrected chi connectivity index (χ1v) is 6.61. The van der Waals surface area contributed by atoms with Gasteiger partial charge in [0.25, 0.3) is 5.91 Å². The average molecular weight is 321 g/mol. The van der Waals surface area contributed by atoms with Crippen molar-refractivity contribution in [2.24, 2.45) is 0 Å². The molecule has 0 saturated heterocycles. The highest BCUT2D eigenvalue weighted by Crippen LogP contribution is 2.16. The third-order valence-electron chi connectivity index (χ3n) is 2.95. The Morgan fingerprint density at radius 2 is 1.78 bits per heavy atom. The van der Waals surface area contributed by atoms with E-state index in [1.165, 1.54) is 36.4 Å². The SMILES string of the molecule is O=C(O)c1cccc(CNC(=O)c2cccc(OC(F)F)c2)c1. The van der Waals surface area contributed by atoms with Crippen LogP contribution in [0.2, 0.25) is 0 Å². The van der Waals surface area contributed by atoms with Crippen molar-refractivity contribution >= 4 is 11.9 Å². The third kappa shape index (κ3) is 4.77. The average Bonchev–Trinajstić information content (AvgIpc) is 2.52. The quantitative estimate of drug-likeness (QED) is 0.858. The van der Waals surface area contributed by atoms with Crippen LogP contribution in [-0.4, -0.2) is 23.6 Å². The van der Waals surface area contributed by atoms with Crippen LogP contribution in [-0.2, 0) is 6.54 Å². The van der Waals surface area contributed by atoms with Gasteiger partial charge in [-0.15, -0.1) is 0 Å². The molecular weight excluding hydrogens is 308 g/mol. The van der Waals surface area contributed by atoms with Crippen molar-refractivity contribution in [2.45, 2.75) is 13.2 Å². The Morgan fingerprint density at radius 1 is 1.09 bits per heavy atom. The number of carboxylic acid groups (broad SMARTS) is 1. The molecule has 2 aromatic carbocycles. The number of halogens is 2. The molecule has 23 heavy (non-hydrogen) atoms. The van der Waals surface area contributed by atoms with Crippen LogP contribution in [0.3, 0.4) is 0 Å². The molecule has 2 rings (SSSR count). The maximum Gasteiger partial charge on any atom is 0.387 e. The fourth-order valence-corrected chi connectivity index (χ4v) is 1.91. The van der Waals surface area contributed by atoms with Gasteiger partial charge in [0.05, 0.1) is 5.56 Å². The molecular formula is C16H13F2NO4. The van der Waals surface area contributed by atoms with E-state index in [0.717, 1.165) is 0 Å². The number of nitrogens with one attached hydrogen (secondary N) is 1. The van der Waals surface area contributed by atoms with Crippen LogP contribution in [0.25, 0.3) is 0 Å². The third-order valence-corrected chi connectivity index (χ3v) is 2.95. The molecule has 0 aliphatic carbocycles. The van der Waals surface area contributed by atoms with Crippen molar-refractivity contribution in [3.8, 4) is 5.75 Å². The Hall–Kier alpha value is -2.96. The van der Waals surface area contributed by atoms with Crippen molar-refractivity contribution in [1.82, 2.24) is 5.32 Å². The summed E-state index contributed by atoms with van der Waals surface area (Å²) in [4.78, 5) is 22.9. The summed E-state index contributed by atoms with van der Waals surface area (Å²) < 4.78 is 28.5. The Labute approximate surface area is 130 Å². The molecule has 1 amide bonds. The molecule has 0 aromatic heterocycles. The molecule has 5 nitrogen and oxygen atoms in total. The van der Waals surface area contributed by atoms with Gasteiger partial charge in [-0.25, -0.2) is 4.79 Å². The van der Waals surface area contributed by atoms with E-state index in [1.54, 1.807) is 12.1 Å². The Kier molecular flexibility index (Phi) is 5.24. The van der Waals surface area contributed by atoms with Gasteiger partial charge in [-0.2, -0.15) is 8.78 Å². The van der Waals surface area contributed by atoms with Crippen molar-refractivity contribution in [1.29, 1.82) is 0 Å². The summed E-state index contributed by atoms with van der Waals surface area (Å²) in [5.41, 5.74) is 0.889. The lowest BCUT2D eigenvalue weighted by Gasteiger charge is -2.08. The first kappa shape index (κ1) is 16.4. The van der Waals surface area contributed by atoms with Crippen LogP contribution in [0.1, 0.15) is 26.3 Å². The lowest BCUT2D eigenvalue weighted by atomic mass is 10.1. The van der Waals surface area contributed by atoms with Gasteiger partial charge < -0.3 is 15.2 Å². The smallest absolute Gasteiger partial charge is 0.387 e. The van der Waals surface area contributed by atoms with E-state index in [1.807, 2.05) is 0 Å². The second-order valence-electron chi connectivity index (χ2n) is 4.59.